The second-order valence-corrected chi connectivity index (χ2v) is 5.16. The van der Waals surface area contributed by atoms with E-state index >= 15 is 0 Å². The fraction of sp³-hybridized carbons (Fsp3) is 0.400. The van der Waals surface area contributed by atoms with E-state index < -0.39 is 6.09 Å². The summed E-state index contributed by atoms with van der Waals surface area (Å²) in [6.45, 7) is 5.34. The zero-order valence-electron chi connectivity index (χ0n) is 12.1. The normalized spacial score (nSPS) is 21.5. The van der Waals surface area contributed by atoms with Crippen LogP contribution in [0.2, 0.25) is 0 Å². The van der Waals surface area contributed by atoms with Crippen molar-refractivity contribution in [1.82, 2.24) is 0 Å². The molecule has 7 nitrogen and oxygen atoms in total. The Labute approximate surface area is 128 Å². The van der Waals surface area contributed by atoms with E-state index in [1.165, 1.54) is 0 Å². The van der Waals surface area contributed by atoms with E-state index in [4.69, 9.17) is 9.47 Å². The Hall–Kier alpha value is -2.57. The third-order valence-electron chi connectivity index (χ3n) is 3.65. The second kappa shape index (κ2) is 6.05. The highest BCUT2D eigenvalue weighted by Gasteiger charge is 2.32. The molecule has 2 aliphatic rings. The van der Waals surface area contributed by atoms with Crippen molar-refractivity contribution >= 4 is 30.3 Å². The lowest BCUT2D eigenvalue weighted by molar-refractivity contribution is 0.140. The quantitative estimate of drug-likeness (QED) is 0.798. The third-order valence-corrected chi connectivity index (χ3v) is 3.65. The molecular formula is C15H17N3O4. The van der Waals surface area contributed by atoms with Crippen LogP contribution in [0.1, 0.15) is 6.42 Å². The molecule has 2 heterocycles. The summed E-state index contributed by atoms with van der Waals surface area (Å²) in [4.78, 5) is 30.4. The van der Waals surface area contributed by atoms with E-state index in [-0.39, 0.29) is 12.2 Å². The molecule has 0 radical (unpaired) electrons. The molecule has 0 aromatic heterocycles. The van der Waals surface area contributed by atoms with Crippen LogP contribution in [0.25, 0.3) is 0 Å². The zero-order valence-corrected chi connectivity index (χ0v) is 12.1. The number of amides is 2. The van der Waals surface area contributed by atoms with Gasteiger partial charge < -0.3 is 9.47 Å². The lowest BCUT2D eigenvalue weighted by Crippen LogP contribution is -2.37. The predicted molar refractivity (Wildman–Crippen MR) is 81.8 cm³/mol. The van der Waals surface area contributed by atoms with Gasteiger partial charge in [0.1, 0.15) is 6.10 Å². The van der Waals surface area contributed by atoms with Gasteiger partial charge in [-0.25, -0.2) is 9.59 Å². The summed E-state index contributed by atoms with van der Waals surface area (Å²) in [6.07, 6.45) is -0.181. The summed E-state index contributed by atoms with van der Waals surface area (Å²) < 4.78 is 10.2. The third kappa shape index (κ3) is 2.74. The van der Waals surface area contributed by atoms with E-state index in [1.54, 1.807) is 34.1 Å². The first kappa shape index (κ1) is 14.4. The maximum Gasteiger partial charge on any atom is 0.414 e. The number of hydrogen-bond donors (Lipinski definition) is 0. The highest BCUT2D eigenvalue weighted by Crippen LogP contribution is 2.26. The standard InChI is InChI=1S/C15H17N3O4/c1-16-9-13-10-18(15(20)22-13)12-5-3-11(4-6-12)17-7-2-8-21-14(17)19/h3-6,13H,1-2,7-10H2/t13-/m0/s1. The van der Waals surface area contributed by atoms with Crippen molar-refractivity contribution in [3.8, 4) is 0 Å². The number of carbonyl (C=O) groups excluding carboxylic acids is 2. The summed E-state index contributed by atoms with van der Waals surface area (Å²) in [6, 6.07) is 7.19. The summed E-state index contributed by atoms with van der Waals surface area (Å²) >= 11 is 0. The van der Waals surface area contributed by atoms with Crippen LogP contribution in [0, 0.1) is 0 Å². The van der Waals surface area contributed by atoms with Crippen LogP contribution < -0.4 is 9.80 Å². The number of hydrogen-bond acceptors (Lipinski definition) is 5. The molecular weight excluding hydrogens is 286 g/mol. The highest BCUT2D eigenvalue weighted by molar-refractivity contribution is 5.91. The Morgan fingerprint density at radius 2 is 1.82 bits per heavy atom. The summed E-state index contributed by atoms with van der Waals surface area (Å²) in [7, 11) is 0. The molecule has 0 unspecified atom stereocenters. The molecule has 2 aliphatic heterocycles. The molecule has 1 aromatic rings. The largest absolute Gasteiger partial charge is 0.449 e. The van der Waals surface area contributed by atoms with Crippen molar-refractivity contribution < 1.29 is 19.1 Å². The van der Waals surface area contributed by atoms with Crippen LogP contribution >= 0.6 is 0 Å². The number of carbonyl (C=O) groups is 2. The number of ether oxygens (including phenoxy) is 2. The van der Waals surface area contributed by atoms with Crippen molar-refractivity contribution in [2.75, 3.05) is 36.0 Å². The minimum absolute atomic E-state index is 0.262. The van der Waals surface area contributed by atoms with Gasteiger partial charge in [0.25, 0.3) is 0 Å². The molecule has 7 heteroatoms. The van der Waals surface area contributed by atoms with Crippen molar-refractivity contribution in [3.05, 3.63) is 24.3 Å². The van der Waals surface area contributed by atoms with Gasteiger partial charge in [0.15, 0.2) is 0 Å². The molecule has 0 spiro atoms. The van der Waals surface area contributed by atoms with Crippen LogP contribution in [0.5, 0.6) is 0 Å². The molecule has 1 aromatic carbocycles. The summed E-state index contributed by atoms with van der Waals surface area (Å²) in [5, 5.41) is 0. The first-order valence-corrected chi connectivity index (χ1v) is 7.14. The topological polar surface area (TPSA) is 71.4 Å². The van der Waals surface area contributed by atoms with Crippen molar-refractivity contribution in [2.24, 2.45) is 4.99 Å². The SMILES string of the molecule is C=NC[C@H]1CN(c2ccc(N3CCCOC3=O)cc2)C(=O)O1. The van der Waals surface area contributed by atoms with Gasteiger partial charge in [0, 0.05) is 17.9 Å². The van der Waals surface area contributed by atoms with Crippen LogP contribution in [-0.4, -0.2) is 51.2 Å². The lowest BCUT2D eigenvalue weighted by Gasteiger charge is -2.26. The molecule has 2 saturated heterocycles. The molecule has 3 rings (SSSR count). The van der Waals surface area contributed by atoms with Gasteiger partial charge in [-0.15, -0.1) is 0 Å². The Kier molecular flexibility index (Phi) is 3.95. The zero-order chi connectivity index (χ0) is 15.5. The lowest BCUT2D eigenvalue weighted by atomic mass is 10.2. The van der Waals surface area contributed by atoms with Gasteiger partial charge >= 0.3 is 12.2 Å². The molecule has 2 amide bonds. The van der Waals surface area contributed by atoms with Crippen LogP contribution in [0.3, 0.4) is 0 Å². The first-order valence-electron chi connectivity index (χ1n) is 7.14. The second-order valence-electron chi connectivity index (χ2n) is 5.16. The highest BCUT2D eigenvalue weighted by atomic mass is 16.6. The van der Waals surface area contributed by atoms with Gasteiger partial charge in [-0.2, -0.15) is 0 Å². The molecule has 0 N–H and O–H groups in total. The minimum atomic E-state index is -0.390. The van der Waals surface area contributed by atoms with Crippen molar-refractivity contribution in [1.29, 1.82) is 0 Å². The molecule has 0 aliphatic carbocycles. The van der Waals surface area contributed by atoms with Gasteiger partial charge in [-0.3, -0.25) is 14.8 Å². The van der Waals surface area contributed by atoms with Gasteiger partial charge in [0.05, 0.1) is 19.7 Å². The maximum absolute atomic E-state index is 11.9. The van der Waals surface area contributed by atoms with Gasteiger partial charge in [-0.1, -0.05) is 0 Å². The number of benzene rings is 1. The average Bonchev–Trinajstić information content (AvgIpc) is 2.89. The number of aliphatic imine (C=N–C) groups is 1. The smallest absolute Gasteiger partial charge is 0.414 e. The van der Waals surface area contributed by atoms with E-state index in [9.17, 15) is 9.59 Å². The Bertz CT molecular complexity index is 587. The van der Waals surface area contributed by atoms with E-state index in [2.05, 4.69) is 11.7 Å². The maximum atomic E-state index is 11.9. The Balaban J connectivity index is 1.73. The molecule has 2 fully saturated rings. The van der Waals surface area contributed by atoms with Crippen molar-refractivity contribution in [2.45, 2.75) is 12.5 Å². The number of nitrogens with zero attached hydrogens (tertiary/aromatic N) is 3. The van der Waals surface area contributed by atoms with Gasteiger partial charge in [-0.05, 0) is 37.4 Å². The Morgan fingerprint density at radius 1 is 1.14 bits per heavy atom. The average molecular weight is 303 g/mol. The number of cyclic esters (lactones) is 2. The molecule has 116 valence electrons. The van der Waals surface area contributed by atoms with E-state index in [1.807, 2.05) is 0 Å². The molecule has 0 saturated carbocycles. The fourth-order valence-corrected chi connectivity index (χ4v) is 2.57. The predicted octanol–water partition coefficient (Wildman–Crippen LogP) is 2.06. The monoisotopic (exact) mass is 303 g/mol. The molecule has 1 atom stereocenters. The van der Waals surface area contributed by atoms with Gasteiger partial charge in [0.2, 0.25) is 0 Å². The minimum Gasteiger partial charge on any atom is -0.449 e. The van der Waals surface area contributed by atoms with Crippen LogP contribution in [-0.2, 0) is 9.47 Å². The van der Waals surface area contributed by atoms with E-state index in [0.29, 0.717) is 26.2 Å². The summed E-state index contributed by atoms with van der Waals surface area (Å²) in [5.41, 5.74) is 1.48. The van der Waals surface area contributed by atoms with Crippen LogP contribution in [0.15, 0.2) is 29.3 Å². The number of anilines is 2. The molecule has 22 heavy (non-hydrogen) atoms. The van der Waals surface area contributed by atoms with Crippen molar-refractivity contribution in [3.63, 3.8) is 0 Å². The fourth-order valence-electron chi connectivity index (χ4n) is 2.57. The molecule has 0 bridgehead atoms. The van der Waals surface area contributed by atoms with Crippen LogP contribution in [0.4, 0.5) is 21.0 Å². The first-order chi connectivity index (χ1) is 10.7. The summed E-state index contributed by atoms with van der Waals surface area (Å²) in [5.74, 6) is 0. The van der Waals surface area contributed by atoms with E-state index in [0.717, 1.165) is 17.8 Å². The Morgan fingerprint density at radius 3 is 2.45 bits per heavy atom. The number of rotatable bonds is 4.